The Morgan fingerprint density at radius 3 is 2.37 bits per heavy atom. The quantitative estimate of drug-likeness (QED) is 0.830. The minimum Gasteiger partial charge on any atom is -0.507 e. The van der Waals surface area contributed by atoms with E-state index < -0.39 is 0 Å². The Bertz CT molecular complexity index is 417. The Morgan fingerprint density at radius 2 is 1.84 bits per heavy atom. The zero-order valence-corrected chi connectivity index (χ0v) is 11.8. The second kappa shape index (κ2) is 7.99. The van der Waals surface area contributed by atoms with Crippen LogP contribution in [0.4, 0.5) is 0 Å². The molecule has 6 heteroatoms. The van der Waals surface area contributed by atoms with Gasteiger partial charge in [0, 0.05) is 32.3 Å². The van der Waals surface area contributed by atoms with Gasteiger partial charge >= 0.3 is 0 Å². The number of nitrogens with zero attached hydrogens (tertiary/aromatic N) is 1. The number of phenolic OH excluding ortho intramolecular Hbond substituents is 1. The van der Waals surface area contributed by atoms with Gasteiger partial charge < -0.3 is 19.5 Å². The normalized spacial score (nSPS) is 10.5. The molecule has 0 aliphatic heterocycles. The molecule has 106 valence electrons. The summed E-state index contributed by atoms with van der Waals surface area (Å²) >= 11 is 5.84. The smallest absolute Gasteiger partial charge is 0.257 e. The maximum absolute atomic E-state index is 12.3. The molecule has 0 saturated heterocycles. The summed E-state index contributed by atoms with van der Waals surface area (Å²) in [7, 11) is 3.13. The number of ether oxygens (including phenoxy) is 2. The summed E-state index contributed by atoms with van der Waals surface area (Å²) in [6.45, 7) is 1.67. The van der Waals surface area contributed by atoms with Crippen LogP contribution < -0.4 is 0 Å². The lowest BCUT2D eigenvalue weighted by atomic mass is 10.1. The highest BCUT2D eigenvalue weighted by molar-refractivity contribution is 6.31. The van der Waals surface area contributed by atoms with E-state index in [1.165, 1.54) is 18.2 Å². The predicted molar refractivity (Wildman–Crippen MR) is 72.8 cm³/mol. The van der Waals surface area contributed by atoms with Crippen LogP contribution in [0.25, 0.3) is 0 Å². The van der Waals surface area contributed by atoms with Crippen LogP contribution in [0.15, 0.2) is 18.2 Å². The molecule has 1 N–H and O–H groups in total. The second-order valence-electron chi connectivity index (χ2n) is 3.94. The Balaban J connectivity index is 2.87. The van der Waals surface area contributed by atoms with Gasteiger partial charge in [-0.1, -0.05) is 11.6 Å². The fraction of sp³-hybridized carbons (Fsp3) is 0.462. The van der Waals surface area contributed by atoms with Gasteiger partial charge in [-0.2, -0.15) is 0 Å². The molecule has 0 bridgehead atoms. The number of methoxy groups -OCH3 is 2. The number of aromatic hydroxyl groups is 1. The van der Waals surface area contributed by atoms with Gasteiger partial charge in [0.1, 0.15) is 5.75 Å². The molecular weight excluding hydrogens is 270 g/mol. The number of amides is 1. The first-order chi connectivity index (χ1) is 9.10. The topological polar surface area (TPSA) is 59.0 Å². The number of carbonyl (C=O) groups excluding carboxylic acids is 1. The number of rotatable bonds is 7. The number of hydrogen-bond donors (Lipinski definition) is 1. The lowest BCUT2D eigenvalue weighted by molar-refractivity contribution is 0.0624. The minimum absolute atomic E-state index is 0.0887. The molecule has 1 aromatic rings. The van der Waals surface area contributed by atoms with E-state index in [9.17, 15) is 9.90 Å². The summed E-state index contributed by atoms with van der Waals surface area (Å²) in [6, 6.07) is 4.38. The molecule has 1 aromatic carbocycles. The standard InChI is InChI=1S/C13H18ClNO4/c1-18-7-5-15(6-8-19-2)13(17)11-9-10(14)3-4-12(11)16/h3-4,9,16H,5-8H2,1-2H3. The van der Waals surface area contributed by atoms with Gasteiger partial charge in [0.05, 0.1) is 18.8 Å². The molecular formula is C13H18ClNO4. The summed E-state index contributed by atoms with van der Waals surface area (Å²) in [5.74, 6) is -0.386. The zero-order valence-electron chi connectivity index (χ0n) is 11.1. The SMILES string of the molecule is COCCN(CCOC)C(=O)c1cc(Cl)ccc1O. The summed E-state index contributed by atoms with van der Waals surface area (Å²) in [5, 5.41) is 10.1. The number of benzene rings is 1. The Labute approximate surface area is 117 Å². The number of carbonyl (C=O) groups is 1. The van der Waals surface area contributed by atoms with E-state index in [0.717, 1.165) is 0 Å². The molecule has 0 unspecified atom stereocenters. The number of halogens is 1. The summed E-state index contributed by atoms with van der Waals surface area (Å²) in [6.07, 6.45) is 0. The van der Waals surface area contributed by atoms with E-state index in [0.29, 0.717) is 31.3 Å². The van der Waals surface area contributed by atoms with E-state index in [4.69, 9.17) is 21.1 Å². The van der Waals surface area contributed by atoms with E-state index in [1.54, 1.807) is 19.1 Å². The first-order valence-electron chi connectivity index (χ1n) is 5.85. The van der Waals surface area contributed by atoms with Crippen molar-refractivity contribution in [3.05, 3.63) is 28.8 Å². The zero-order chi connectivity index (χ0) is 14.3. The van der Waals surface area contributed by atoms with Crippen molar-refractivity contribution in [2.24, 2.45) is 0 Å². The number of hydrogen-bond acceptors (Lipinski definition) is 4. The fourth-order valence-electron chi connectivity index (χ4n) is 1.57. The van der Waals surface area contributed by atoms with Crippen LogP contribution in [0.2, 0.25) is 5.02 Å². The summed E-state index contributed by atoms with van der Waals surface area (Å²) in [4.78, 5) is 13.9. The molecule has 0 atom stereocenters. The lowest BCUT2D eigenvalue weighted by Gasteiger charge is -2.22. The molecule has 0 aliphatic carbocycles. The van der Waals surface area contributed by atoms with Crippen molar-refractivity contribution >= 4 is 17.5 Å². The van der Waals surface area contributed by atoms with Crippen molar-refractivity contribution < 1.29 is 19.4 Å². The van der Waals surface area contributed by atoms with Crippen molar-refractivity contribution in [1.29, 1.82) is 0 Å². The second-order valence-corrected chi connectivity index (χ2v) is 4.38. The van der Waals surface area contributed by atoms with Crippen molar-refractivity contribution in [3.8, 4) is 5.75 Å². The first kappa shape index (κ1) is 15.8. The third-order valence-corrected chi connectivity index (χ3v) is 2.84. The number of phenols is 1. The van der Waals surface area contributed by atoms with Gasteiger partial charge in [-0.3, -0.25) is 4.79 Å². The fourth-order valence-corrected chi connectivity index (χ4v) is 1.74. The van der Waals surface area contributed by atoms with Crippen LogP contribution in [0.3, 0.4) is 0 Å². The van der Waals surface area contributed by atoms with Crippen LogP contribution in [0.1, 0.15) is 10.4 Å². The van der Waals surface area contributed by atoms with Crippen molar-refractivity contribution in [2.75, 3.05) is 40.5 Å². The Morgan fingerprint density at radius 1 is 1.26 bits per heavy atom. The summed E-state index contributed by atoms with van der Waals surface area (Å²) in [5.41, 5.74) is 0.180. The molecule has 1 rings (SSSR count). The molecule has 0 spiro atoms. The Kier molecular flexibility index (Phi) is 6.62. The average molecular weight is 288 g/mol. The molecule has 0 aliphatic rings. The largest absolute Gasteiger partial charge is 0.507 e. The summed E-state index contributed by atoms with van der Waals surface area (Å²) < 4.78 is 9.94. The lowest BCUT2D eigenvalue weighted by Crippen LogP contribution is -2.36. The molecule has 0 aromatic heterocycles. The third kappa shape index (κ3) is 4.70. The van der Waals surface area contributed by atoms with Crippen LogP contribution >= 0.6 is 11.6 Å². The molecule has 19 heavy (non-hydrogen) atoms. The predicted octanol–water partition coefficient (Wildman–Crippen LogP) is 1.78. The van der Waals surface area contributed by atoms with Gasteiger partial charge in [-0.15, -0.1) is 0 Å². The van der Waals surface area contributed by atoms with Crippen molar-refractivity contribution in [1.82, 2.24) is 4.90 Å². The van der Waals surface area contributed by atoms with Gasteiger partial charge in [-0.25, -0.2) is 0 Å². The average Bonchev–Trinajstić information content (AvgIpc) is 2.41. The van der Waals surface area contributed by atoms with Crippen LogP contribution in [0.5, 0.6) is 5.75 Å². The van der Waals surface area contributed by atoms with Crippen LogP contribution in [-0.4, -0.2) is 56.4 Å². The van der Waals surface area contributed by atoms with Crippen molar-refractivity contribution in [2.45, 2.75) is 0 Å². The maximum Gasteiger partial charge on any atom is 0.257 e. The highest BCUT2D eigenvalue weighted by Gasteiger charge is 2.19. The molecule has 5 nitrogen and oxygen atoms in total. The maximum atomic E-state index is 12.3. The molecule has 0 fully saturated rings. The van der Waals surface area contributed by atoms with Crippen LogP contribution in [0, 0.1) is 0 Å². The van der Waals surface area contributed by atoms with Crippen LogP contribution in [-0.2, 0) is 9.47 Å². The van der Waals surface area contributed by atoms with E-state index in [-0.39, 0.29) is 17.2 Å². The molecule has 1 amide bonds. The first-order valence-corrected chi connectivity index (χ1v) is 6.23. The third-order valence-electron chi connectivity index (χ3n) is 2.61. The van der Waals surface area contributed by atoms with Gasteiger partial charge in [-0.05, 0) is 18.2 Å². The van der Waals surface area contributed by atoms with Gasteiger partial charge in [0.2, 0.25) is 0 Å². The highest BCUT2D eigenvalue weighted by atomic mass is 35.5. The molecule has 0 saturated carbocycles. The monoisotopic (exact) mass is 287 g/mol. The highest BCUT2D eigenvalue weighted by Crippen LogP contribution is 2.22. The van der Waals surface area contributed by atoms with E-state index in [2.05, 4.69) is 0 Å². The van der Waals surface area contributed by atoms with E-state index in [1.807, 2.05) is 0 Å². The van der Waals surface area contributed by atoms with Gasteiger partial charge in [0.25, 0.3) is 5.91 Å². The van der Waals surface area contributed by atoms with E-state index >= 15 is 0 Å². The molecule has 0 radical (unpaired) electrons. The molecule has 0 heterocycles. The minimum atomic E-state index is -0.297. The van der Waals surface area contributed by atoms with Crippen molar-refractivity contribution in [3.63, 3.8) is 0 Å². The Hall–Kier alpha value is -1.30. The van der Waals surface area contributed by atoms with Gasteiger partial charge in [0.15, 0.2) is 0 Å².